The predicted octanol–water partition coefficient (Wildman–Crippen LogP) is -2.61. The van der Waals surface area contributed by atoms with Crippen molar-refractivity contribution in [1.29, 1.82) is 5.26 Å². The van der Waals surface area contributed by atoms with Crippen molar-refractivity contribution in [2.45, 2.75) is 24.9 Å². The normalized spacial score (nSPS) is 12.9. The maximum atomic E-state index is 11.9. The number of carbonyl (C=O) groups is 2. The number of carboxylic acid groups (broad SMARTS) is 1. The molecule has 14 heteroatoms. The van der Waals surface area contributed by atoms with Crippen LogP contribution in [-0.2, 0) is 20.2 Å². The SMILES string of the molecule is CN=C(NC#N)N(CCSCc1nc[nH]c1C)OC(=O)C(O)C(O)C(=O)O.[BiH3]. The van der Waals surface area contributed by atoms with E-state index in [-0.39, 0.29) is 38.7 Å². The van der Waals surface area contributed by atoms with Crippen LogP contribution in [0.25, 0.3) is 0 Å². The molecule has 0 fully saturated rings. The number of nitrogens with zero attached hydrogens (tertiary/aromatic N) is 4. The van der Waals surface area contributed by atoms with Gasteiger partial charge in [0.25, 0.3) is 0 Å². The Morgan fingerprint density at radius 3 is 2.68 bits per heavy atom. The molecule has 0 bridgehead atoms. The summed E-state index contributed by atoms with van der Waals surface area (Å²) in [6.45, 7) is 1.95. The van der Waals surface area contributed by atoms with Crippen LogP contribution < -0.4 is 5.32 Å². The number of nitriles is 1. The number of aliphatic hydroxyl groups excluding tert-OH is 2. The number of hydrogen-bond acceptors (Lipinski definition) is 9. The molecule has 0 radical (unpaired) electrons. The molecule has 1 rings (SSSR count). The number of aliphatic hydroxyl groups is 2. The third kappa shape index (κ3) is 7.97. The van der Waals surface area contributed by atoms with Crippen LogP contribution in [0.2, 0.25) is 0 Å². The number of nitrogens with one attached hydrogen (secondary N) is 2. The average molecular weight is 612 g/mol. The van der Waals surface area contributed by atoms with E-state index >= 15 is 0 Å². The van der Waals surface area contributed by atoms with Gasteiger partial charge in [-0.2, -0.15) is 22.1 Å². The van der Waals surface area contributed by atoms with E-state index in [0.717, 1.165) is 16.5 Å². The van der Waals surface area contributed by atoms with Crippen LogP contribution >= 0.6 is 11.8 Å². The Morgan fingerprint density at radius 1 is 1.50 bits per heavy atom. The number of aliphatic imine (C=N–C) groups is 1. The van der Waals surface area contributed by atoms with Gasteiger partial charge in [-0.3, -0.25) is 10.3 Å². The number of imidazole rings is 1. The van der Waals surface area contributed by atoms with E-state index in [0.29, 0.717) is 11.5 Å². The Morgan fingerprint density at radius 2 is 2.18 bits per heavy atom. The molecule has 0 amide bonds. The van der Waals surface area contributed by atoms with Crippen LogP contribution in [0.5, 0.6) is 0 Å². The van der Waals surface area contributed by atoms with Crippen molar-refractivity contribution in [3.8, 4) is 6.19 Å². The van der Waals surface area contributed by atoms with Gasteiger partial charge in [-0.05, 0) is 6.92 Å². The first-order valence-corrected chi connectivity index (χ1v) is 8.74. The summed E-state index contributed by atoms with van der Waals surface area (Å²) in [6.07, 6.45) is -1.45. The number of hydrogen-bond donors (Lipinski definition) is 5. The van der Waals surface area contributed by atoms with Gasteiger partial charge in [0.1, 0.15) is 0 Å². The second-order valence-electron chi connectivity index (χ2n) is 5.05. The molecular formula is C14H23BiN6O6S. The molecule has 5 N–H and O–H groups in total. The Kier molecular flexibility index (Phi) is 12.4. The molecule has 12 nitrogen and oxygen atoms in total. The van der Waals surface area contributed by atoms with Crippen molar-refractivity contribution in [3.63, 3.8) is 0 Å². The average Bonchev–Trinajstić information content (AvgIpc) is 3.05. The summed E-state index contributed by atoms with van der Waals surface area (Å²) < 4.78 is 0. The summed E-state index contributed by atoms with van der Waals surface area (Å²) in [4.78, 5) is 38.3. The van der Waals surface area contributed by atoms with Crippen molar-refractivity contribution in [2.75, 3.05) is 19.3 Å². The molecule has 2 atom stereocenters. The summed E-state index contributed by atoms with van der Waals surface area (Å²) in [5, 5.41) is 39.3. The van der Waals surface area contributed by atoms with Gasteiger partial charge in [-0.15, -0.1) is 0 Å². The van der Waals surface area contributed by atoms with E-state index in [9.17, 15) is 19.8 Å². The van der Waals surface area contributed by atoms with Gasteiger partial charge in [-0.1, -0.05) is 0 Å². The van der Waals surface area contributed by atoms with Crippen molar-refractivity contribution in [2.24, 2.45) is 4.99 Å². The second-order valence-corrected chi connectivity index (χ2v) is 6.16. The molecule has 0 aliphatic carbocycles. The van der Waals surface area contributed by atoms with E-state index in [1.807, 2.05) is 6.92 Å². The van der Waals surface area contributed by atoms with Gasteiger partial charge in [0, 0.05) is 24.2 Å². The molecule has 0 aliphatic heterocycles. The number of aryl methyl sites for hydroxylation is 1. The van der Waals surface area contributed by atoms with E-state index in [1.165, 1.54) is 18.8 Å². The first kappa shape index (κ1) is 26.1. The molecule has 0 saturated carbocycles. The molecule has 0 aromatic carbocycles. The fraction of sp³-hybridized carbons (Fsp3) is 0.500. The summed E-state index contributed by atoms with van der Waals surface area (Å²) in [6, 6.07) is 0. The zero-order valence-electron chi connectivity index (χ0n) is 15.3. The number of carboxylic acids is 1. The minimum atomic E-state index is -2.35. The van der Waals surface area contributed by atoms with E-state index in [4.69, 9.17) is 15.2 Å². The van der Waals surface area contributed by atoms with Crippen molar-refractivity contribution >= 4 is 55.9 Å². The number of aromatic nitrogens is 2. The van der Waals surface area contributed by atoms with Gasteiger partial charge in [0.15, 0.2) is 18.4 Å². The fourth-order valence-corrected chi connectivity index (χ4v) is 2.67. The Bertz CT molecular complexity index is 723. The maximum absolute atomic E-state index is 11.9. The molecule has 1 heterocycles. The first-order chi connectivity index (χ1) is 12.8. The number of thioether (sulfide) groups is 1. The number of carbonyl (C=O) groups excluding carboxylic acids is 1. The summed E-state index contributed by atoms with van der Waals surface area (Å²) >= 11 is 1.46. The molecule has 156 valence electrons. The van der Waals surface area contributed by atoms with Crippen LogP contribution in [0.3, 0.4) is 0 Å². The Hall–Kier alpha value is -1.94. The standard InChI is InChI=1S/C14H20N6O6S.Bi.3H/c1-8-9(19-7-18-8)5-27-4-3-20(14(16-2)17-6-15)26-13(25)11(22)10(21)12(23)24;;;;/h7,10-11,21-22H,3-5H2,1-2H3,(H,16,17)(H,18,19)(H,23,24);;;;. The Labute approximate surface area is 184 Å². The number of aliphatic carboxylic acids is 1. The molecular weight excluding hydrogens is 589 g/mol. The van der Waals surface area contributed by atoms with E-state index < -0.39 is 24.1 Å². The van der Waals surface area contributed by atoms with Crippen LogP contribution in [0.4, 0.5) is 0 Å². The van der Waals surface area contributed by atoms with Gasteiger partial charge in [-0.25, -0.2) is 14.6 Å². The van der Waals surface area contributed by atoms with Gasteiger partial charge < -0.3 is 25.1 Å². The number of hydroxylamine groups is 2. The van der Waals surface area contributed by atoms with Gasteiger partial charge in [0.2, 0.25) is 5.96 Å². The topological polar surface area (TPSA) is 184 Å². The van der Waals surface area contributed by atoms with Gasteiger partial charge >= 0.3 is 38.1 Å². The summed E-state index contributed by atoms with van der Waals surface area (Å²) in [7, 11) is 1.34. The van der Waals surface area contributed by atoms with Crippen molar-refractivity contribution < 1.29 is 29.7 Å². The van der Waals surface area contributed by atoms with E-state index in [2.05, 4.69) is 20.3 Å². The minimum absolute atomic E-state index is 0. The molecule has 28 heavy (non-hydrogen) atoms. The molecule has 1 aromatic heterocycles. The summed E-state index contributed by atoms with van der Waals surface area (Å²) in [5.41, 5.74) is 1.79. The Balaban J connectivity index is 0.00000729. The van der Waals surface area contributed by atoms with Crippen molar-refractivity contribution in [1.82, 2.24) is 20.3 Å². The van der Waals surface area contributed by atoms with Crippen LogP contribution in [-0.4, -0.2) is 106 Å². The summed E-state index contributed by atoms with van der Waals surface area (Å²) in [5.74, 6) is -2.31. The predicted molar refractivity (Wildman–Crippen MR) is 104 cm³/mol. The quantitative estimate of drug-likeness (QED) is 0.0394. The number of rotatable bonds is 8. The number of H-pyrrole nitrogens is 1. The van der Waals surface area contributed by atoms with Crippen LogP contribution in [0.1, 0.15) is 11.4 Å². The van der Waals surface area contributed by atoms with Crippen LogP contribution in [0.15, 0.2) is 11.3 Å². The first-order valence-electron chi connectivity index (χ1n) is 7.58. The fourth-order valence-electron chi connectivity index (χ4n) is 1.75. The monoisotopic (exact) mass is 612 g/mol. The molecule has 1 aromatic rings. The molecule has 0 aliphatic rings. The van der Waals surface area contributed by atoms with E-state index in [1.54, 1.807) is 12.5 Å². The third-order valence-electron chi connectivity index (χ3n) is 3.22. The zero-order valence-corrected chi connectivity index (χ0v) is 21.6. The zero-order chi connectivity index (χ0) is 20.4. The van der Waals surface area contributed by atoms with Crippen molar-refractivity contribution in [3.05, 3.63) is 17.7 Å². The number of aromatic amines is 1. The third-order valence-corrected chi connectivity index (χ3v) is 4.17. The molecule has 0 saturated heterocycles. The second kappa shape index (κ2) is 13.3. The molecule has 2 unspecified atom stereocenters. The molecule has 0 spiro atoms. The van der Waals surface area contributed by atoms with Crippen LogP contribution in [0, 0.1) is 18.4 Å². The number of guanidine groups is 1. The van der Waals surface area contributed by atoms with Gasteiger partial charge in [0.05, 0.1) is 18.6 Å².